The lowest BCUT2D eigenvalue weighted by atomic mass is 10.1. The number of phenolic OH excluding ortho intramolecular Hbond substituents is 1. The van der Waals surface area contributed by atoms with Gasteiger partial charge in [-0.25, -0.2) is 0 Å². The summed E-state index contributed by atoms with van der Waals surface area (Å²) >= 11 is 17.7. The first-order valence-electron chi connectivity index (χ1n) is 4.51. The minimum atomic E-state index is 0.105. The Labute approximate surface area is 108 Å². The largest absolute Gasteiger partial charge is 0.508 e. The van der Waals surface area contributed by atoms with Gasteiger partial charge in [0.05, 0.1) is 0 Å². The Hall–Kier alpha value is -0.890. The highest BCUT2D eigenvalue weighted by Crippen LogP contribution is 2.33. The van der Waals surface area contributed by atoms with Crippen LogP contribution >= 0.6 is 34.8 Å². The summed E-state index contributed by atoms with van der Waals surface area (Å²) in [4.78, 5) is 0. The maximum absolute atomic E-state index is 9.45. The second kappa shape index (κ2) is 4.54. The fraction of sp³-hybridized carbons (Fsp3) is 0. The summed E-state index contributed by atoms with van der Waals surface area (Å²) in [5, 5.41) is 11.0. The van der Waals surface area contributed by atoms with Crippen LogP contribution in [0.15, 0.2) is 36.4 Å². The zero-order valence-electron chi connectivity index (χ0n) is 8.05. The number of phenols is 1. The molecule has 1 N–H and O–H groups in total. The lowest BCUT2D eigenvalue weighted by Crippen LogP contribution is -1.80. The van der Waals surface area contributed by atoms with E-state index in [-0.39, 0.29) is 5.75 Å². The molecule has 2 rings (SSSR count). The molecule has 0 bridgehead atoms. The topological polar surface area (TPSA) is 20.2 Å². The van der Waals surface area contributed by atoms with Crippen LogP contribution in [0, 0.1) is 0 Å². The Morgan fingerprint density at radius 2 is 1.56 bits per heavy atom. The predicted molar refractivity (Wildman–Crippen MR) is 68.6 cm³/mol. The molecule has 0 fully saturated rings. The van der Waals surface area contributed by atoms with Crippen molar-refractivity contribution in [2.24, 2.45) is 0 Å². The fourth-order valence-corrected chi connectivity index (χ4v) is 2.20. The van der Waals surface area contributed by atoms with Crippen LogP contribution in [-0.4, -0.2) is 5.11 Å². The first-order valence-corrected chi connectivity index (χ1v) is 5.64. The molecule has 16 heavy (non-hydrogen) atoms. The van der Waals surface area contributed by atoms with Crippen LogP contribution in [0.25, 0.3) is 11.1 Å². The average Bonchev–Trinajstić information content (AvgIpc) is 2.15. The second-order valence-corrected chi connectivity index (χ2v) is 4.60. The van der Waals surface area contributed by atoms with Crippen molar-refractivity contribution in [3.8, 4) is 16.9 Å². The van der Waals surface area contributed by atoms with Crippen molar-refractivity contribution in [1.29, 1.82) is 0 Å². The van der Waals surface area contributed by atoms with Crippen molar-refractivity contribution >= 4 is 34.8 Å². The van der Waals surface area contributed by atoms with Gasteiger partial charge in [-0.2, -0.15) is 0 Å². The van der Waals surface area contributed by atoms with Crippen molar-refractivity contribution in [2.45, 2.75) is 0 Å². The number of hydrogen-bond donors (Lipinski definition) is 1. The summed E-state index contributed by atoms with van der Waals surface area (Å²) in [5.74, 6) is 0.105. The molecule has 1 nitrogen and oxygen atoms in total. The van der Waals surface area contributed by atoms with Gasteiger partial charge in [-0.15, -0.1) is 0 Å². The Morgan fingerprint density at radius 1 is 0.812 bits per heavy atom. The highest BCUT2D eigenvalue weighted by molar-refractivity contribution is 6.36. The SMILES string of the molecule is Oc1cc(Cl)cc(-c2ccc(Cl)cc2Cl)c1. The van der Waals surface area contributed by atoms with Gasteiger partial charge in [0.2, 0.25) is 0 Å². The number of rotatable bonds is 1. The van der Waals surface area contributed by atoms with Crippen LogP contribution in [0.3, 0.4) is 0 Å². The summed E-state index contributed by atoms with van der Waals surface area (Å²) in [7, 11) is 0. The third kappa shape index (κ3) is 2.43. The van der Waals surface area contributed by atoms with Gasteiger partial charge in [-0.1, -0.05) is 40.9 Å². The standard InChI is InChI=1S/C12H7Cl3O/c13-8-1-2-11(12(15)6-8)7-3-9(14)5-10(16)4-7/h1-6,16H. The summed E-state index contributed by atoms with van der Waals surface area (Å²) in [5.41, 5.74) is 1.54. The van der Waals surface area contributed by atoms with Gasteiger partial charge in [-0.3, -0.25) is 0 Å². The molecule has 0 aromatic heterocycles. The maximum atomic E-state index is 9.45. The van der Waals surface area contributed by atoms with Gasteiger partial charge in [0.15, 0.2) is 0 Å². The highest BCUT2D eigenvalue weighted by Gasteiger charge is 2.06. The maximum Gasteiger partial charge on any atom is 0.117 e. The smallest absolute Gasteiger partial charge is 0.117 e. The fourth-order valence-electron chi connectivity index (χ4n) is 1.45. The van der Waals surface area contributed by atoms with E-state index in [0.29, 0.717) is 15.1 Å². The van der Waals surface area contributed by atoms with Crippen molar-refractivity contribution in [3.05, 3.63) is 51.5 Å². The third-order valence-electron chi connectivity index (χ3n) is 2.12. The van der Waals surface area contributed by atoms with Crippen molar-refractivity contribution in [2.75, 3.05) is 0 Å². The van der Waals surface area contributed by atoms with Crippen LogP contribution in [0.2, 0.25) is 15.1 Å². The minimum Gasteiger partial charge on any atom is -0.508 e. The molecule has 0 aliphatic heterocycles. The van der Waals surface area contributed by atoms with E-state index in [0.717, 1.165) is 11.1 Å². The molecule has 0 aliphatic rings. The van der Waals surface area contributed by atoms with E-state index in [2.05, 4.69) is 0 Å². The molecule has 0 saturated carbocycles. The summed E-state index contributed by atoms with van der Waals surface area (Å²) < 4.78 is 0. The normalized spacial score (nSPS) is 10.4. The van der Waals surface area contributed by atoms with E-state index in [1.807, 2.05) is 0 Å². The van der Waals surface area contributed by atoms with Crippen molar-refractivity contribution in [1.82, 2.24) is 0 Å². The number of aromatic hydroxyl groups is 1. The monoisotopic (exact) mass is 272 g/mol. The van der Waals surface area contributed by atoms with Crippen LogP contribution in [0.5, 0.6) is 5.75 Å². The van der Waals surface area contributed by atoms with Crippen LogP contribution in [-0.2, 0) is 0 Å². The van der Waals surface area contributed by atoms with E-state index >= 15 is 0 Å². The van der Waals surface area contributed by atoms with Gasteiger partial charge in [0.25, 0.3) is 0 Å². The summed E-state index contributed by atoms with van der Waals surface area (Å²) in [6.45, 7) is 0. The van der Waals surface area contributed by atoms with Crippen LogP contribution < -0.4 is 0 Å². The number of benzene rings is 2. The Balaban J connectivity index is 2.58. The molecule has 82 valence electrons. The van der Waals surface area contributed by atoms with E-state index in [9.17, 15) is 5.11 Å². The van der Waals surface area contributed by atoms with Crippen molar-refractivity contribution < 1.29 is 5.11 Å². The van der Waals surface area contributed by atoms with E-state index in [1.165, 1.54) is 6.07 Å². The highest BCUT2D eigenvalue weighted by atomic mass is 35.5. The molecule has 0 radical (unpaired) electrons. The molecule has 4 heteroatoms. The van der Waals surface area contributed by atoms with Gasteiger partial charge in [0.1, 0.15) is 5.75 Å². The first kappa shape index (κ1) is 11.6. The van der Waals surface area contributed by atoms with Gasteiger partial charge in [-0.05, 0) is 35.9 Å². The Morgan fingerprint density at radius 3 is 2.19 bits per heavy atom. The van der Waals surface area contributed by atoms with Crippen molar-refractivity contribution in [3.63, 3.8) is 0 Å². The van der Waals surface area contributed by atoms with Gasteiger partial charge >= 0.3 is 0 Å². The lowest BCUT2D eigenvalue weighted by molar-refractivity contribution is 0.475. The molecule has 0 spiro atoms. The van der Waals surface area contributed by atoms with Gasteiger partial charge in [0, 0.05) is 20.6 Å². The summed E-state index contributed by atoms with van der Waals surface area (Å²) in [6, 6.07) is 9.97. The first-order chi connectivity index (χ1) is 7.56. The van der Waals surface area contributed by atoms with E-state index < -0.39 is 0 Å². The average molecular weight is 274 g/mol. The molecule has 2 aromatic rings. The third-order valence-corrected chi connectivity index (χ3v) is 2.89. The van der Waals surface area contributed by atoms with Crippen LogP contribution in [0.1, 0.15) is 0 Å². The molecule has 0 heterocycles. The molecule has 0 atom stereocenters. The van der Waals surface area contributed by atoms with E-state index in [1.54, 1.807) is 30.3 Å². The zero-order valence-corrected chi connectivity index (χ0v) is 10.3. The number of halogens is 3. The molecule has 0 aliphatic carbocycles. The van der Waals surface area contributed by atoms with Crippen LogP contribution in [0.4, 0.5) is 0 Å². The molecule has 0 unspecified atom stereocenters. The van der Waals surface area contributed by atoms with E-state index in [4.69, 9.17) is 34.8 Å². The molecule has 0 saturated heterocycles. The quantitative estimate of drug-likeness (QED) is 0.773. The molecule has 2 aromatic carbocycles. The Kier molecular flexibility index (Phi) is 3.29. The molecule has 0 amide bonds. The molecular weight excluding hydrogens is 266 g/mol. The summed E-state index contributed by atoms with van der Waals surface area (Å²) in [6.07, 6.45) is 0. The van der Waals surface area contributed by atoms with Gasteiger partial charge < -0.3 is 5.11 Å². The second-order valence-electron chi connectivity index (χ2n) is 3.32. The predicted octanol–water partition coefficient (Wildman–Crippen LogP) is 5.02. The lowest BCUT2D eigenvalue weighted by Gasteiger charge is -2.06. The molecular formula is C12H7Cl3O. The zero-order chi connectivity index (χ0) is 11.7. The minimum absolute atomic E-state index is 0.105. The number of hydrogen-bond acceptors (Lipinski definition) is 1. The Bertz CT molecular complexity index is 518.